The molecule has 1 aromatic heterocycles. The number of hydrogen-bond donors (Lipinski definition) is 2. The van der Waals surface area contributed by atoms with E-state index in [0.29, 0.717) is 29.2 Å². The van der Waals surface area contributed by atoms with Gasteiger partial charge in [0.05, 0.1) is 25.6 Å². The summed E-state index contributed by atoms with van der Waals surface area (Å²) in [5, 5.41) is 6.37. The lowest BCUT2D eigenvalue weighted by atomic mass is 10.2. The number of rotatable bonds is 10. The van der Waals surface area contributed by atoms with Gasteiger partial charge in [0.25, 0.3) is 11.8 Å². The SMILES string of the molecule is CCCOc1ccc(C(=O)NCC(=O)N/N=C\c2ccc(OC(=O)c3ccco3)cc2)cc1. The minimum absolute atomic E-state index is 0.105. The zero-order valence-corrected chi connectivity index (χ0v) is 17.9. The van der Waals surface area contributed by atoms with Gasteiger partial charge in [0.2, 0.25) is 5.76 Å². The van der Waals surface area contributed by atoms with Gasteiger partial charge in [-0.05, 0) is 72.6 Å². The first-order chi connectivity index (χ1) is 16.0. The maximum Gasteiger partial charge on any atom is 0.379 e. The molecule has 0 spiro atoms. The van der Waals surface area contributed by atoms with E-state index in [4.69, 9.17) is 13.9 Å². The molecule has 0 radical (unpaired) electrons. The van der Waals surface area contributed by atoms with E-state index in [9.17, 15) is 14.4 Å². The van der Waals surface area contributed by atoms with Crippen LogP contribution in [0.3, 0.4) is 0 Å². The molecule has 2 N–H and O–H groups in total. The highest BCUT2D eigenvalue weighted by atomic mass is 16.5. The van der Waals surface area contributed by atoms with E-state index >= 15 is 0 Å². The first-order valence-corrected chi connectivity index (χ1v) is 10.2. The van der Waals surface area contributed by atoms with E-state index in [-0.39, 0.29) is 18.2 Å². The highest BCUT2D eigenvalue weighted by molar-refractivity contribution is 5.96. The number of esters is 1. The molecule has 0 aliphatic carbocycles. The van der Waals surface area contributed by atoms with Crippen LogP contribution >= 0.6 is 0 Å². The predicted octanol–water partition coefficient (Wildman–Crippen LogP) is 3.17. The maximum absolute atomic E-state index is 12.1. The summed E-state index contributed by atoms with van der Waals surface area (Å²) in [7, 11) is 0. The van der Waals surface area contributed by atoms with Crippen molar-refractivity contribution in [3.8, 4) is 11.5 Å². The molecule has 9 nitrogen and oxygen atoms in total. The van der Waals surface area contributed by atoms with Gasteiger partial charge >= 0.3 is 5.97 Å². The second-order valence-corrected chi connectivity index (χ2v) is 6.78. The van der Waals surface area contributed by atoms with Crippen molar-refractivity contribution in [2.45, 2.75) is 13.3 Å². The highest BCUT2D eigenvalue weighted by Crippen LogP contribution is 2.14. The molecule has 170 valence electrons. The van der Waals surface area contributed by atoms with E-state index in [1.54, 1.807) is 54.6 Å². The van der Waals surface area contributed by atoms with Crippen LogP contribution in [0.2, 0.25) is 0 Å². The fraction of sp³-hybridized carbons (Fsp3) is 0.167. The number of furan rings is 1. The van der Waals surface area contributed by atoms with E-state index in [0.717, 1.165) is 6.42 Å². The van der Waals surface area contributed by atoms with Crippen molar-refractivity contribution in [2.75, 3.05) is 13.2 Å². The van der Waals surface area contributed by atoms with Crippen LogP contribution in [0.25, 0.3) is 0 Å². The Hall–Kier alpha value is -4.40. The number of hydrazone groups is 1. The molecule has 0 bridgehead atoms. The molecule has 0 saturated heterocycles. The average Bonchev–Trinajstić information content (AvgIpc) is 3.38. The summed E-state index contributed by atoms with van der Waals surface area (Å²) in [6.07, 6.45) is 3.71. The van der Waals surface area contributed by atoms with E-state index < -0.39 is 11.9 Å². The van der Waals surface area contributed by atoms with Gasteiger partial charge < -0.3 is 19.2 Å². The Kier molecular flexibility index (Phi) is 8.35. The third-order valence-corrected chi connectivity index (χ3v) is 4.21. The number of benzene rings is 2. The smallest absolute Gasteiger partial charge is 0.379 e. The van der Waals surface area contributed by atoms with Gasteiger partial charge in [-0.3, -0.25) is 9.59 Å². The molecule has 9 heteroatoms. The van der Waals surface area contributed by atoms with Crippen molar-refractivity contribution in [1.82, 2.24) is 10.7 Å². The Morgan fingerprint density at radius 2 is 1.73 bits per heavy atom. The number of ether oxygens (including phenoxy) is 2. The van der Waals surface area contributed by atoms with E-state index in [1.165, 1.54) is 18.5 Å². The summed E-state index contributed by atoms with van der Waals surface area (Å²) < 4.78 is 15.6. The van der Waals surface area contributed by atoms with Gasteiger partial charge in [-0.25, -0.2) is 10.2 Å². The van der Waals surface area contributed by atoms with Crippen LogP contribution in [0.5, 0.6) is 11.5 Å². The maximum atomic E-state index is 12.1. The summed E-state index contributed by atoms with van der Waals surface area (Å²) in [5.74, 6) is -0.332. The molecule has 1 heterocycles. The Morgan fingerprint density at radius 3 is 2.39 bits per heavy atom. The largest absolute Gasteiger partial charge is 0.494 e. The third-order valence-electron chi connectivity index (χ3n) is 4.21. The number of hydrogen-bond acceptors (Lipinski definition) is 7. The summed E-state index contributed by atoms with van der Waals surface area (Å²) >= 11 is 0. The average molecular weight is 449 g/mol. The molecule has 33 heavy (non-hydrogen) atoms. The van der Waals surface area contributed by atoms with Crippen LogP contribution in [-0.4, -0.2) is 37.1 Å². The van der Waals surface area contributed by atoms with Crippen molar-refractivity contribution in [1.29, 1.82) is 0 Å². The van der Waals surface area contributed by atoms with Crippen molar-refractivity contribution in [3.05, 3.63) is 83.8 Å². The highest BCUT2D eigenvalue weighted by Gasteiger charge is 2.11. The first kappa shape index (κ1) is 23.3. The van der Waals surface area contributed by atoms with E-state index in [2.05, 4.69) is 15.8 Å². The van der Waals surface area contributed by atoms with Gasteiger partial charge in [0, 0.05) is 5.56 Å². The van der Waals surface area contributed by atoms with Gasteiger partial charge in [0.15, 0.2) is 0 Å². The molecule has 0 aliphatic rings. The first-order valence-electron chi connectivity index (χ1n) is 10.2. The monoisotopic (exact) mass is 449 g/mol. The number of nitrogens with one attached hydrogen (secondary N) is 2. The molecule has 0 atom stereocenters. The van der Waals surface area contributed by atoms with Crippen molar-refractivity contribution >= 4 is 24.0 Å². The molecule has 0 unspecified atom stereocenters. The second kappa shape index (κ2) is 11.8. The number of nitrogens with zero attached hydrogens (tertiary/aromatic N) is 1. The molecule has 0 saturated carbocycles. The van der Waals surface area contributed by atoms with Crippen molar-refractivity contribution in [3.63, 3.8) is 0 Å². The fourth-order valence-corrected chi connectivity index (χ4v) is 2.58. The lowest BCUT2D eigenvalue weighted by Crippen LogP contribution is -2.34. The second-order valence-electron chi connectivity index (χ2n) is 6.78. The van der Waals surface area contributed by atoms with Crippen molar-refractivity contribution < 1.29 is 28.3 Å². The summed E-state index contributed by atoms with van der Waals surface area (Å²) in [6.45, 7) is 2.39. The quantitative estimate of drug-likeness (QED) is 0.212. The number of carbonyl (C=O) groups excluding carboxylic acids is 3. The normalized spacial score (nSPS) is 10.6. The Labute approximate surface area is 190 Å². The van der Waals surface area contributed by atoms with Gasteiger partial charge in [-0.2, -0.15) is 5.10 Å². The van der Waals surface area contributed by atoms with Crippen molar-refractivity contribution in [2.24, 2.45) is 5.10 Å². The molecule has 2 amide bonds. The molecular formula is C24H23N3O6. The molecular weight excluding hydrogens is 426 g/mol. The standard InChI is InChI=1S/C24H23N3O6/c1-2-13-31-19-11-7-18(8-12-19)23(29)25-16-22(28)27-26-15-17-5-9-20(10-6-17)33-24(30)21-4-3-14-32-21/h3-12,14-15H,2,13,16H2,1H3,(H,25,29)(H,27,28)/b26-15-. The molecule has 2 aromatic carbocycles. The van der Waals surface area contributed by atoms with Crippen LogP contribution in [-0.2, 0) is 4.79 Å². The van der Waals surface area contributed by atoms with Crippen LogP contribution in [0.4, 0.5) is 0 Å². The minimum Gasteiger partial charge on any atom is -0.494 e. The zero-order chi connectivity index (χ0) is 23.5. The van der Waals surface area contributed by atoms with Crippen LogP contribution in [0.15, 0.2) is 76.4 Å². The fourth-order valence-electron chi connectivity index (χ4n) is 2.58. The third kappa shape index (κ3) is 7.35. The van der Waals surface area contributed by atoms with Crippen LogP contribution in [0, 0.1) is 0 Å². The van der Waals surface area contributed by atoms with Crippen LogP contribution in [0.1, 0.15) is 39.8 Å². The zero-order valence-electron chi connectivity index (χ0n) is 17.9. The summed E-state index contributed by atoms with van der Waals surface area (Å²) in [5.41, 5.74) is 3.42. The lowest BCUT2D eigenvalue weighted by Gasteiger charge is -2.07. The molecule has 3 aromatic rings. The Balaban J connectivity index is 1.40. The minimum atomic E-state index is -0.600. The molecule has 3 rings (SSSR count). The van der Waals surface area contributed by atoms with Crippen LogP contribution < -0.4 is 20.2 Å². The molecule has 0 aliphatic heterocycles. The molecule has 0 fully saturated rings. The van der Waals surface area contributed by atoms with Gasteiger partial charge in [-0.1, -0.05) is 6.92 Å². The Bertz CT molecular complexity index is 1090. The predicted molar refractivity (Wildman–Crippen MR) is 120 cm³/mol. The van der Waals surface area contributed by atoms with Gasteiger partial charge in [0.1, 0.15) is 11.5 Å². The summed E-state index contributed by atoms with van der Waals surface area (Å²) in [6, 6.07) is 16.3. The van der Waals surface area contributed by atoms with Gasteiger partial charge in [-0.15, -0.1) is 0 Å². The number of carbonyl (C=O) groups is 3. The lowest BCUT2D eigenvalue weighted by molar-refractivity contribution is -0.120. The number of amides is 2. The Morgan fingerprint density at radius 1 is 1.00 bits per heavy atom. The topological polar surface area (TPSA) is 119 Å². The van der Waals surface area contributed by atoms with E-state index in [1.807, 2.05) is 6.92 Å². The summed E-state index contributed by atoms with van der Waals surface area (Å²) in [4.78, 5) is 35.9.